The lowest BCUT2D eigenvalue weighted by Gasteiger charge is -2.40. The predicted molar refractivity (Wildman–Crippen MR) is 192 cm³/mol. The Balaban J connectivity index is 1.19. The van der Waals surface area contributed by atoms with E-state index in [1.807, 2.05) is 36.4 Å². The molecular formula is C39H38N6O3S. The van der Waals surface area contributed by atoms with E-state index in [4.69, 9.17) is 14.7 Å². The third-order valence-electron chi connectivity index (χ3n) is 9.34. The van der Waals surface area contributed by atoms with E-state index in [1.165, 1.54) is 22.5 Å². The first kappa shape index (κ1) is 32.4. The summed E-state index contributed by atoms with van der Waals surface area (Å²) < 4.78 is 5.39. The summed E-state index contributed by atoms with van der Waals surface area (Å²) in [5.74, 6) is -1.70. The highest BCUT2D eigenvalue weighted by atomic mass is 32.1. The van der Waals surface area contributed by atoms with Gasteiger partial charge in [0.25, 0.3) is 0 Å². The van der Waals surface area contributed by atoms with Crippen molar-refractivity contribution in [2.45, 2.75) is 44.6 Å². The number of piperazine rings is 1. The number of amides is 1. The van der Waals surface area contributed by atoms with Crippen molar-refractivity contribution in [3.05, 3.63) is 118 Å². The first-order valence-corrected chi connectivity index (χ1v) is 17.7. The monoisotopic (exact) mass is 670 g/mol. The van der Waals surface area contributed by atoms with Gasteiger partial charge < -0.3 is 15.0 Å². The SMILES string of the molecule is CCOC(=O)c1c(NC(=O)[C@@H](C#N)c2nc3ccccc3nc2N2CCN(C(c3ccccc3)c3ccccc3)CC2)sc2c1CCCC2. The van der Waals surface area contributed by atoms with E-state index in [-0.39, 0.29) is 12.6 Å². The number of fused-ring (bicyclic) bond motifs is 2. The van der Waals surface area contributed by atoms with Gasteiger partial charge in [-0.15, -0.1) is 11.3 Å². The molecule has 49 heavy (non-hydrogen) atoms. The molecule has 1 aliphatic carbocycles. The highest BCUT2D eigenvalue weighted by Gasteiger charge is 2.34. The average molecular weight is 671 g/mol. The van der Waals surface area contributed by atoms with Gasteiger partial charge in [0.15, 0.2) is 11.7 Å². The molecule has 0 unspecified atom stereocenters. The molecule has 5 aromatic rings. The molecule has 9 nitrogen and oxygen atoms in total. The van der Waals surface area contributed by atoms with E-state index in [2.05, 4.69) is 69.7 Å². The summed E-state index contributed by atoms with van der Waals surface area (Å²) in [7, 11) is 0. The number of rotatable bonds is 9. The van der Waals surface area contributed by atoms with Crippen molar-refractivity contribution in [3.63, 3.8) is 0 Å². The molecule has 2 aliphatic rings. The van der Waals surface area contributed by atoms with Gasteiger partial charge in [-0.2, -0.15) is 5.26 Å². The number of para-hydroxylation sites is 2. The number of hydrogen-bond donors (Lipinski definition) is 1. The smallest absolute Gasteiger partial charge is 0.341 e. The minimum absolute atomic E-state index is 0.0922. The lowest BCUT2D eigenvalue weighted by atomic mass is 9.95. The van der Waals surface area contributed by atoms with Crippen molar-refractivity contribution in [2.24, 2.45) is 0 Å². The van der Waals surface area contributed by atoms with Crippen LogP contribution in [0.15, 0.2) is 84.9 Å². The number of nitrogens with zero attached hydrogens (tertiary/aromatic N) is 5. The van der Waals surface area contributed by atoms with E-state index < -0.39 is 17.8 Å². The maximum Gasteiger partial charge on any atom is 0.341 e. The van der Waals surface area contributed by atoms with E-state index >= 15 is 0 Å². The van der Waals surface area contributed by atoms with Crippen LogP contribution >= 0.6 is 11.3 Å². The van der Waals surface area contributed by atoms with Crippen molar-refractivity contribution in [1.29, 1.82) is 5.26 Å². The van der Waals surface area contributed by atoms with E-state index in [0.29, 0.717) is 46.2 Å². The quantitative estimate of drug-likeness (QED) is 0.169. The van der Waals surface area contributed by atoms with Gasteiger partial charge in [0.1, 0.15) is 10.7 Å². The van der Waals surface area contributed by atoms with Crippen LogP contribution < -0.4 is 10.2 Å². The molecule has 1 fully saturated rings. The van der Waals surface area contributed by atoms with Crippen molar-refractivity contribution < 1.29 is 14.3 Å². The summed E-state index contributed by atoms with van der Waals surface area (Å²) in [6.45, 7) is 4.77. The zero-order valence-electron chi connectivity index (χ0n) is 27.5. The first-order valence-electron chi connectivity index (χ1n) is 16.9. The number of benzene rings is 3. The van der Waals surface area contributed by atoms with Crippen LogP contribution in [0.4, 0.5) is 10.8 Å². The Labute approximate surface area is 290 Å². The second-order valence-corrected chi connectivity index (χ2v) is 13.5. The number of aryl methyl sites for hydroxylation is 1. The van der Waals surface area contributed by atoms with Gasteiger partial charge in [0.05, 0.1) is 35.3 Å². The van der Waals surface area contributed by atoms with Gasteiger partial charge >= 0.3 is 5.97 Å². The van der Waals surface area contributed by atoms with Gasteiger partial charge in [-0.25, -0.2) is 14.8 Å². The predicted octanol–water partition coefficient (Wildman–Crippen LogP) is 6.90. The molecule has 3 heterocycles. The second-order valence-electron chi connectivity index (χ2n) is 12.4. The van der Waals surface area contributed by atoms with Crippen molar-refractivity contribution >= 4 is 45.1 Å². The maximum absolute atomic E-state index is 14.0. The largest absolute Gasteiger partial charge is 0.462 e. The average Bonchev–Trinajstić information content (AvgIpc) is 3.51. The summed E-state index contributed by atoms with van der Waals surface area (Å²) in [5, 5.41) is 13.9. The lowest BCUT2D eigenvalue weighted by Crippen LogP contribution is -2.48. The summed E-state index contributed by atoms with van der Waals surface area (Å²) >= 11 is 1.41. The fourth-order valence-corrected chi connectivity index (χ4v) is 8.29. The normalized spacial score (nSPS) is 15.4. The molecule has 3 aromatic carbocycles. The summed E-state index contributed by atoms with van der Waals surface area (Å²) in [6, 6.07) is 30.9. The lowest BCUT2D eigenvalue weighted by molar-refractivity contribution is -0.116. The molecular weight excluding hydrogens is 633 g/mol. The Morgan fingerprint density at radius 1 is 0.878 bits per heavy atom. The highest BCUT2D eigenvalue weighted by molar-refractivity contribution is 7.17. The van der Waals surface area contributed by atoms with Crippen LogP contribution in [-0.2, 0) is 22.4 Å². The number of aromatic nitrogens is 2. The molecule has 1 N–H and O–H groups in total. The topological polar surface area (TPSA) is 111 Å². The molecule has 1 amide bonds. The number of nitriles is 1. The maximum atomic E-state index is 14.0. The fraction of sp³-hybridized carbons (Fsp3) is 0.308. The number of thiophene rings is 1. The Bertz CT molecular complexity index is 1960. The molecule has 0 radical (unpaired) electrons. The molecule has 7 rings (SSSR count). The molecule has 1 atom stereocenters. The Kier molecular flexibility index (Phi) is 9.64. The number of esters is 1. The van der Waals surface area contributed by atoms with Crippen LogP contribution in [0.25, 0.3) is 11.0 Å². The minimum atomic E-state index is -1.25. The molecule has 2 aromatic heterocycles. The van der Waals surface area contributed by atoms with Crippen LogP contribution in [-0.4, -0.2) is 59.5 Å². The molecule has 0 spiro atoms. The molecule has 1 aliphatic heterocycles. The van der Waals surface area contributed by atoms with Crippen molar-refractivity contribution in [1.82, 2.24) is 14.9 Å². The van der Waals surface area contributed by atoms with E-state index in [9.17, 15) is 14.9 Å². The highest BCUT2D eigenvalue weighted by Crippen LogP contribution is 2.40. The standard InChI is InChI=1S/C39H38N6O3S/c1-2-48-39(47)33-28-17-9-12-20-32(28)49-38(33)43-37(46)29(25-40)34-36(42-31-19-11-10-18-30(31)41-34)45-23-21-44(22-24-45)35(26-13-5-3-6-14-26)27-15-7-4-8-16-27/h3-8,10-11,13-16,18-19,29,35H,2,9,12,17,20-24H2,1H3,(H,43,46)/t29-/m0/s1. The Morgan fingerprint density at radius 2 is 1.49 bits per heavy atom. The van der Waals surface area contributed by atoms with E-state index in [1.54, 1.807) is 6.92 Å². The van der Waals surface area contributed by atoms with E-state index in [0.717, 1.165) is 49.2 Å². The van der Waals surface area contributed by atoms with Crippen LogP contribution in [0.2, 0.25) is 0 Å². The van der Waals surface area contributed by atoms with Gasteiger partial charge in [-0.05, 0) is 61.4 Å². The van der Waals surface area contributed by atoms with Gasteiger partial charge in [-0.1, -0.05) is 72.8 Å². The van der Waals surface area contributed by atoms with Crippen molar-refractivity contribution in [3.8, 4) is 6.07 Å². The Hall–Kier alpha value is -5.11. The summed E-state index contributed by atoms with van der Waals surface area (Å²) in [5.41, 5.74) is 5.45. The fourth-order valence-electron chi connectivity index (χ4n) is 7.01. The molecule has 10 heteroatoms. The van der Waals surface area contributed by atoms with Crippen LogP contribution in [0.5, 0.6) is 0 Å². The van der Waals surface area contributed by atoms with Gasteiger partial charge in [0.2, 0.25) is 5.91 Å². The van der Waals surface area contributed by atoms with Crippen LogP contribution in [0.3, 0.4) is 0 Å². The number of ether oxygens (including phenoxy) is 1. The number of carbonyl (C=O) groups is 2. The third kappa shape index (κ3) is 6.64. The van der Waals surface area contributed by atoms with Gasteiger partial charge in [-0.3, -0.25) is 9.69 Å². The van der Waals surface area contributed by atoms with Crippen LogP contribution in [0, 0.1) is 11.3 Å². The Morgan fingerprint density at radius 3 is 2.12 bits per heavy atom. The van der Waals surface area contributed by atoms with Crippen LogP contribution in [0.1, 0.15) is 69.3 Å². The number of hydrogen-bond acceptors (Lipinski definition) is 9. The van der Waals surface area contributed by atoms with Gasteiger partial charge in [0, 0.05) is 31.1 Å². The second kappa shape index (κ2) is 14.6. The molecule has 1 saturated heterocycles. The zero-order valence-corrected chi connectivity index (χ0v) is 28.3. The molecule has 0 saturated carbocycles. The first-order chi connectivity index (χ1) is 24.1. The minimum Gasteiger partial charge on any atom is -0.462 e. The number of nitrogens with one attached hydrogen (secondary N) is 1. The number of carbonyl (C=O) groups excluding carboxylic acids is 2. The number of anilines is 2. The molecule has 0 bridgehead atoms. The summed E-state index contributed by atoms with van der Waals surface area (Å²) in [4.78, 5) is 42.7. The van der Waals surface area contributed by atoms with Crippen molar-refractivity contribution in [2.75, 3.05) is 43.0 Å². The molecule has 248 valence electrons. The summed E-state index contributed by atoms with van der Waals surface area (Å²) in [6.07, 6.45) is 3.63. The zero-order chi connectivity index (χ0) is 33.7. The third-order valence-corrected chi connectivity index (χ3v) is 10.5.